The Balaban J connectivity index is 1.58. The second kappa shape index (κ2) is 5.47. The van der Waals surface area contributed by atoms with E-state index in [1.54, 1.807) is 24.3 Å². The minimum atomic E-state index is -1.08. The molecule has 1 amide bonds. The summed E-state index contributed by atoms with van der Waals surface area (Å²) in [5.74, 6) is -1.33. The molecule has 1 aromatic rings. The standard InChI is InChI=1S/C16H13Br2NO5S/c1-15(2)9(19-13(22)16(17,18)14(19)25-15)11(21)24-12-8-6-4-3-5-7(8)10(20)23-12/h3-6,9,12,14H,1-2H3/t9-,12?,14+/m0/s1. The highest BCUT2D eigenvalue weighted by molar-refractivity contribution is 9.26. The second-order valence-corrected chi connectivity index (χ2v) is 11.9. The molecule has 0 aromatic heterocycles. The molecule has 3 aliphatic rings. The number of cyclic esters (lactones) is 1. The van der Waals surface area contributed by atoms with E-state index in [-0.39, 0.29) is 11.3 Å². The Hall–Kier alpha value is -1.06. The maximum atomic E-state index is 12.8. The first-order chi connectivity index (χ1) is 11.6. The highest BCUT2D eigenvalue weighted by atomic mass is 79.9. The highest BCUT2D eigenvalue weighted by Gasteiger charge is 2.70. The lowest BCUT2D eigenvalue weighted by atomic mass is 9.98. The molecule has 25 heavy (non-hydrogen) atoms. The van der Waals surface area contributed by atoms with Crippen LogP contribution in [0.2, 0.25) is 0 Å². The van der Waals surface area contributed by atoms with Crippen LogP contribution in [0.25, 0.3) is 0 Å². The zero-order valence-electron chi connectivity index (χ0n) is 13.2. The number of carbonyl (C=O) groups excluding carboxylic acids is 3. The first-order valence-corrected chi connectivity index (χ1v) is 10.00. The maximum absolute atomic E-state index is 12.8. The van der Waals surface area contributed by atoms with Gasteiger partial charge in [0.2, 0.25) is 0 Å². The quantitative estimate of drug-likeness (QED) is 0.360. The molecule has 0 radical (unpaired) electrons. The number of thioether (sulfide) groups is 1. The van der Waals surface area contributed by atoms with E-state index in [2.05, 4.69) is 31.9 Å². The van der Waals surface area contributed by atoms with Crippen LogP contribution in [0.4, 0.5) is 0 Å². The third-order valence-corrected chi connectivity index (χ3v) is 8.32. The minimum absolute atomic E-state index is 0.217. The van der Waals surface area contributed by atoms with Crippen LogP contribution in [-0.4, -0.2) is 42.1 Å². The summed E-state index contributed by atoms with van der Waals surface area (Å²) in [6.45, 7) is 3.78. The number of hydrogen-bond donors (Lipinski definition) is 0. The van der Waals surface area contributed by atoms with E-state index < -0.39 is 32.3 Å². The Kier molecular flexibility index (Phi) is 3.80. The average Bonchev–Trinajstić information content (AvgIpc) is 3.01. The molecule has 3 aliphatic heterocycles. The van der Waals surface area contributed by atoms with Crippen molar-refractivity contribution < 1.29 is 23.9 Å². The fraction of sp³-hybridized carbons (Fsp3) is 0.438. The van der Waals surface area contributed by atoms with Gasteiger partial charge >= 0.3 is 11.9 Å². The molecule has 0 spiro atoms. The molecule has 2 fully saturated rings. The number of rotatable bonds is 2. The normalized spacial score (nSPS) is 31.0. The smallest absolute Gasteiger partial charge is 0.342 e. The maximum Gasteiger partial charge on any atom is 0.342 e. The van der Waals surface area contributed by atoms with Crippen molar-refractivity contribution in [1.82, 2.24) is 4.90 Å². The van der Waals surface area contributed by atoms with Crippen LogP contribution in [0.1, 0.15) is 36.1 Å². The average molecular weight is 491 g/mol. The lowest BCUT2D eigenvalue weighted by Crippen LogP contribution is -2.68. The number of β-lactam (4-membered cyclic amide) rings is 1. The van der Waals surface area contributed by atoms with Gasteiger partial charge in [0, 0.05) is 10.3 Å². The summed E-state index contributed by atoms with van der Waals surface area (Å²) in [7, 11) is 0. The molecule has 3 heterocycles. The van der Waals surface area contributed by atoms with E-state index >= 15 is 0 Å². The molecule has 0 saturated carbocycles. The van der Waals surface area contributed by atoms with Gasteiger partial charge in [0.25, 0.3) is 12.2 Å². The van der Waals surface area contributed by atoms with Crippen molar-refractivity contribution in [2.75, 3.05) is 0 Å². The molecule has 4 rings (SSSR count). The fourth-order valence-electron chi connectivity index (χ4n) is 3.33. The van der Waals surface area contributed by atoms with Gasteiger partial charge in [-0.25, -0.2) is 9.59 Å². The number of benzene rings is 1. The van der Waals surface area contributed by atoms with Crippen molar-refractivity contribution in [2.24, 2.45) is 0 Å². The van der Waals surface area contributed by atoms with E-state index in [9.17, 15) is 14.4 Å². The van der Waals surface area contributed by atoms with Gasteiger partial charge in [-0.1, -0.05) is 50.1 Å². The van der Waals surface area contributed by atoms with Crippen LogP contribution in [0.3, 0.4) is 0 Å². The summed E-state index contributed by atoms with van der Waals surface area (Å²) < 4.78 is 9.25. The lowest BCUT2D eigenvalue weighted by molar-refractivity contribution is -0.179. The third kappa shape index (κ3) is 2.39. The monoisotopic (exact) mass is 489 g/mol. The minimum Gasteiger partial charge on any atom is -0.419 e. The predicted octanol–water partition coefficient (Wildman–Crippen LogP) is 2.95. The molecule has 1 unspecified atom stereocenters. The third-order valence-electron chi connectivity index (χ3n) is 4.53. The number of esters is 2. The molecule has 0 N–H and O–H groups in total. The van der Waals surface area contributed by atoms with E-state index in [1.807, 2.05) is 13.8 Å². The SMILES string of the molecule is CC1(C)S[C@H]2N(C(=O)C2(Br)Br)[C@H]1C(=O)OC1OC(=O)c2ccccc21. The van der Waals surface area contributed by atoms with Gasteiger partial charge in [-0.2, -0.15) is 0 Å². The Labute approximate surface area is 164 Å². The van der Waals surface area contributed by atoms with E-state index in [1.165, 1.54) is 16.7 Å². The first-order valence-electron chi connectivity index (χ1n) is 7.53. The number of ether oxygens (including phenoxy) is 2. The van der Waals surface area contributed by atoms with Crippen molar-refractivity contribution >= 4 is 61.5 Å². The molecule has 0 bridgehead atoms. The summed E-state index contributed by atoms with van der Waals surface area (Å²) in [4.78, 5) is 38.6. The molecule has 6 nitrogen and oxygen atoms in total. The number of amides is 1. The Morgan fingerprint density at radius 3 is 2.68 bits per heavy atom. The molecule has 0 aliphatic carbocycles. The van der Waals surface area contributed by atoms with Crippen LogP contribution in [-0.2, 0) is 19.1 Å². The van der Waals surface area contributed by atoms with Crippen LogP contribution < -0.4 is 0 Å². The number of nitrogens with zero attached hydrogens (tertiary/aromatic N) is 1. The van der Waals surface area contributed by atoms with E-state index in [0.717, 1.165) is 0 Å². The lowest BCUT2D eigenvalue weighted by Gasteiger charge is -2.46. The largest absolute Gasteiger partial charge is 0.419 e. The van der Waals surface area contributed by atoms with Gasteiger partial charge in [-0.3, -0.25) is 4.79 Å². The topological polar surface area (TPSA) is 72.9 Å². The number of carbonyl (C=O) groups is 3. The predicted molar refractivity (Wildman–Crippen MR) is 97.4 cm³/mol. The molecule has 132 valence electrons. The van der Waals surface area contributed by atoms with Crippen LogP contribution in [0.5, 0.6) is 0 Å². The fourth-order valence-corrected chi connectivity index (χ4v) is 6.24. The summed E-state index contributed by atoms with van der Waals surface area (Å²) in [6, 6.07) is 6.02. The highest BCUT2D eigenvalue weighted by Crippen LogP contribution is 2.60. The van der Waals surface area contributed by atoms with Crippen molar-refractivity contribution in [3.8, 4) is 0 Å². The molecule has 2 saturated heterocycles. The summed E-state index contributed by atoms with van der Waals surface area (Å²) in [6.07, 6.45) is -1.08. The number of alkyl halides is 2. The van der Waals surface area contributed by atoms with Crippen molar-refractivity contribution in [3.05, 3.63) is 35.4 Å². The van der Waals surface area contributed by atoms with Crippen molar-refractivity contribution in [3.63, 3.8) is 0 Å². The van der Waals surface area contributed by atoms with Gasteiger partial charge in [0.05, 0.1) is 5.56 Å². The summed E-state index contributed by atoms with van der Waals surface area (Å²) >= 11 is 8.24. The second-order valence-electron chi connectivity index (χ2n) is 6.57. The summed E-state index contributed by atoms with van der Waals surface area (Å²) in [5.41, 5.74) is 0.907. The van der Waals surface area contributed by atoms with Crippen LogP contribution in [0, 0.1) is 0 Å². The molecule has 1 aromatic carbocycles. The van der Waals surface area contributed by atoms with Crippen LogP contribution >= 0.6 is 43.6 Å². The van der Waals surface area contributed by atoms with Crippen molar-refractivity contribution in [1.29, 1.82) is 0 Å². The Bertz CT molecular complexity index is 811. The number of fused-ring (bicyclic) bond motifs is 2. The van der Waals surface area contributed by atoms with E-state index in [0.29, 0.717) is 11.1 Å². The van der Waals surface area contributed by atoms with Gasteiger partial charge in [-0.05, 0) is 19.9 Å². The van der Waals surface area contributed by atoms with E-state index in [4.69, 9.17) is 9.47 Å². The zero-order chi connectivity index (χ0) is 18.1. The molecular formula is C16H13Br2NO5S. The van der Waals surface area contributed by atoms with Gasteiger partial charge in [0.15, 0.2) is 3.23 Å². The van der Waals surface area contributed by atoms with Crippen LogP contribution in [0.15, 0.2) is 24.3 Å². The summed E-state index contributed by atoms with van der Waals surface area (Å²) in [5, 5.41) is -0.217. The van der Waals surface area contributed by atoms with Gasteiger partial charge in [0.1, 0.15) is 11.4 Å². The van der Waals surface area contributed by atoms with Crippen molar-refractivity contribution in [2.45, 2.75) is 39.5 Å². The Morgan fingerprint density at radius 2 is 1.96 bits per heavy atom. The first kappa shape index (κ1) is 17.4. The number of hydrogen-bond acceptors (Lipinski definition) is 6. The Morgan fingerprint density at radius 1 is 1.28 bits per heavy atom. The number of halogens is 2. The molecule has 3 atom stereocenters. The van der Waals surface area contributed by atoms with Gasteiger partial charge in [-0.15, -0.1) is 11.8 Å². The molecule has 9 heteroatoms. The zero-order valence-corrected chi connectivity index (χ0v) is 17.2. The molecular weight excluding hydrogens is 478 g/mol. The van der Waals surface area contributed by atoms with Gasteiger partial charge < -0.3 is 14.4 Å².